The van der Waals surface area contributed by atoms with Crippen molar-refractivity contribution in [2.24, 2.45) is 0 Å². The van der Waals surface area contributed by atoms with Gasteiger partial charge in [-0.3, -0.25) is 0 Å². The summed E-state index contributed by atoms with van der Waals surface area (Å²) in [5.74, 6) is 0. The molecule has 1 fully saturated rings. The van der Waals surface area contributed by atoms with E-state index >= 15 is 0 Å². The van der Waals surface area contributed by atoms with E-state index in [1.165, 1.54) is 4.88 Å². The second-order valence-electron chi connectivity index (χ2n) is 5.40. The van der Waals surface area contributed by atoms with Gasteiger partial charge in [0.25, 0.3) is 0 Å². The number of sulfonamides is 1. The average Bonchev–Trinajstić information content (AvgIpc) is 3.01. The van der Waals surface area contributed by atoms with E-state index in [9.17, 15) is 8.42 Å². The van der Waals surface area contributed by atoms with Crippen molar-refractivity contribution in [1.82, 2.24) is 4.72 Å². The molecule has 0 atom stereocenters. The molecule has 0 amide bonds. The predicted molar refractivity (Wildman–Crippen MR) is 81.6 cm³/mol. The molecule has 1 N–H and O–H groups in total. The van der Waals surface area contributed by atoms with Gasteiger partial charge in [0.15, 0.2) is 0 Å². The molecule has 0 radical (unpaired) electrons. The minimum absolute atomic E-state index is 0.0337. The molecule has 1 saturated carbocycles. The second-order valence-corrected chi connectivity index (χ2v) is 8.11. The van der Waals surface area contributed by atoms with Crippen LogP contribution >= 0.6 is 11.3 Å². The molecule has 0 aliphatic heterocycles. The van der Waals surface area contributed by atoms with E-state index in [0.717, 1.165) is 18.4 Å². The summed E-state index contributed by atoms with van der Waals surface area (Å²) in [6, 6.07) is 11.1. The fourth-order valence-electron chi connectivity index (χ4n) is 2.28. The lowest BCUT2D eigenvalue weighted by Gasteiger charge is -2.14. The zero-order valence-corrected chi connectivity index (χ0v) is 12.9. The van der Waals surface area contributed by atoms with Gasteiger partial charge < -0.3 is 0 Å². The van der Waals surface area contributed by atoms with Crippen LogP contribution in [0.5, 0.6) is 0 Å². The van der Waals surface area contributed by atoms with Gasteiger partial charge in [-0.1, -0.05) is 23.8 Å². The Morgan fingerprint density at radius 2 is 1.90 bits per heavy atom. The van der Waals surface area contributed by atoms with Crippen molar-refractivity contribution in [3.05, 3.63) is 52.2 Å². The number of hydrogen-bond donors (Lipinski definition) is 1. The summed E-state index contributed by atoms with van der Waals surface area (Å²) >= 11 is 1.71. The van der Waals surface area contributed by atoms with Gasteiger partial charge in [0.05, 0.1) is 4.90 Å². The second kappa shape index (κ2) is 4.98. The molecule has 0 bridgehead atoms. The summed E-state index contributed by atoms with van der Waals surface area (Å²) in [7, 11) is -3.41. The topological polar surface area (TPSA) is 46.2 Å². The van der Waals surface area contributed by atoms with Crippen LogP contribution in [0, 0.1) is 6.92 Å². The van der Waals surface area contributed by atoms with E-state index in [2.05, 4.69) is 10.8 Å². The first-order valence-electron chi connectivity index (χ1n) is 6.62. The Morgan fingerprint density at radius 1 is 1.20 bits per heavy atom. The third-order valence-corrected chi connectivity index (χ3v) is 6.36. The Bertz CT molecular complexity index is 684. The third kappa shape index (κ3) is 2.66. The van der Waals surface area contributed by atoms with Crippen LogP contribution in [0.4, 0.5) is 0 Å². The molecular weight excluding hydrogens is 290 g/mol. The molecule has 1 heterocycles. The Morgan fingerprint density at radius 3 is 2.45 bits per heavy atom. The van der Waals surface area contributed by atoms with Crippen molar-refractivity contribution in [3.8, 4) is 0 Å². The van der Waals surface area contributed by atoms with Crippen molar-refractivity contribution < 1.29 is 8.42 Å². The van der Waals surface area contributed by atoms with Crippen LogP contribution in [0.25, 0.3) is 0 Å². The molecule has 20 heavy (non-hydrogen) atoms. The predicted octanol–water partition coefficient (Wildman–Crippen LogP) is 3.07. The van der Waals surface area contributed by atoms with Crippen LogP contribution in [0.1, 0.15) is 23.3 Å². The molecule has 1 aliphatic rings. The first-order chi connectivity index (χ1) is 9.52. The van der Waals surface area contributed by atoms with Crippen molar-refractivity contribution in [2.45, 2.75) is 30.1 Å². The van der Waals surface area contributed by atoms with Crippen LogP contribution in [0.15, 0.2) is 46.7 Å². The summed E-state index contributed by atoms with van der Waals surface area (Å²) < 4.78 is 27.3. The van der Waals surface area contributed by atoms with E-state index in [-0.39, 0.29) is 5.41 Å². The zero-order valence-electron chi connectivity index (χ0n) is 11.3. The van der Waals surface area contributed by atoms with E-state index in [0.29, 0.717) is 11.4 Å². The van der Waals surface area contributed by atoms with Gasteiger partial charge in [-0.2, -0.15) is 0 Å². The lowest BCUT2D eigenvalue weighted by atomic mass is 10.1. The van der Waals surface area contributed by atoms with Crippen LogP contribution < -0.4 is 4.72 Å². The molecule has 106 valence electrons. The van der Waals surface area contributed by atoms with Gasteiger partial charge in [-0.15, -0.1) is 11.3 Å². The average molecular weight is 307 g/mol. The number of thiophene rings is 1. The molecule has 1 aromatic carbocycles. The molecule has 0 spiro atoms. The highest BCUT2D eigenvalue weighted by atomic mass is 32.2. The standard InChI is InChI=1S/C15H17NO2S2/c1-12-4-6-13(7-5-12)20(17,18)16-11-15(8-9-15)14-3-2-10-19-14/h2-7,10,16H,8-9,11H2,1H3. The lowest BCUT2D eigenvalue weighted by Crippen LogP contribution is -2.31. The molecule has 3 rings (SSSR count). The minimum atomic E-state index is -3.41. The highest BCUT2D eigenvalue weighted by molar-refractivity contribution is 7.89. The third-order valence-electron chi connectivity index (χ3n) is 3.83. The number of benzene rings is 1. The normalized spacial score (nSPS) is 17.1. The fraction of sp³-hybridized carbons (Fsp3) is 0.333. The Labute approximate surface area is 123 Å². The monoisotopic (exact) mass is 307 g/mol. The molecule has 3 nitrogen and oxygen atoms in total. The van der Waals surface area contributed by atoms with Gasteiger partial charge >= 0.3 is 0 Å². The Balaban J connectivity index is 1.73. The van der Waals surface area contributed by atoms with Crippen molar-refractivity contribution >= 4 is 21.4 Å². The summed E-state index contributed by atoms with van der Waals surface area (Å²) in [5, 5.41) is 2.05. The van der Waals surface area contributed by atoms with Crippen LogP contribution in [-0.2, 0) is 15.4 Å². The summed E-state index contributed by atoms with van der Waals surface area (Å²) in [6.45, 7) is 2.43. The minimum Gasteiger partial charge on any atom is -0.210 e. The first-order valence-corrected chi connectivity index (χ1v) is 8.99. The van der Waals surface area contributed by atoms with E-state index < -0.39 is 10.0 Å². The number of aryl methyl sites for hydroxylation is 1. The fourth-order valence-corrected chi connectivity index (χ4v) is 4.39. The molecule has 1 aromatic heterocycles. The van der Waals surface area contributed by atoms with E-state index in [1.807, 2.05) is 30.5 Å². The lowest BCUT2D eigenvalue weighted by molar-refractivity contribution is 0.568. The SMILES string of the molecule is Cc1ccc(S(=O)(=O)NCC2(c3cccs3)CC2)cc1. The number of hydrogen-bond acceptors (Lipinski definition) is 3. The zero-order chi connectivity index (χ0) is 14.2. The maximum Gasteiger partial charge on any atom is 0.240 e. The van der Waals surface area contributed by atoms with E-state index in [1.54, 1.807) is 23.5 Å². The van der Waals surface area contributed by atoms with Crippen molar-refractivity contribution in [3.63, 3.8) is 0 Å². The van der Waals surface area contributed by atoms with Crippen LogP contribution in [-0.4, -0.2) is 15.0 Å². The quantitative estimate of drug-likeness (QED) is 0.923. The van der Waals surface area contributed by atoms with Crippen molar-refractivity contribution in [1.29, 1.82) is 0 Å². The Hall–Kier alpha value is -1.17. The molecule has 0 saturated heterocycles. The van der Waals surface area contributed by atoms with Crippen LogP contribution in [0.3, 0.4) is 0 Å². The Kier molecular flexibility index (Phi) is 3.44. The first kappa shape index (κ1) is 13.8. The van der Waals surface area contributed by atoms with Gasteiger partial charge in [0.2, 0.25) is 10.0 Å². The largest absolute Gasteiger partial charge is 0.240 e. The molecule has 2 aromatic rings. The maximum absolute atomic E-state index is 12.3. The summed E-state index contributed by atoms with van der Waals surface area (Å²) in [6.07, 6.45) is 2.12. The van der Waals surface area contributed by atoms with Gasteiger partial charge in [0, 0.05) is 16.8 Å². The highest BCUT2D eigenvalue weighted by Crippen LogP contribution is 2.49. The molecule has 5 heteroatoms. The smallest absolute Gasteiger partial charge is 0.210 e. The number of nitrogens with one attached hydrogen (secondary N) is 1. The number of rotatable bonds is 5. The van der Waals surface area contributed by atoms with Crippen molar-refractivity contribution in [2.75, 3.05) is 6.54 Å². The molecular formula is C15H17NO2S2. The highest BCUT2D eigenvalue weighted by Gasteiger charge is 2.45. The summed E-state index contributed by atoms with van der Waals surface area (Å²) in [5.41, 5.74) is 1.09. The molecule has 0 unspecified atom stereocenters. The molecule has 1 aliphatic carbocycles. The van der Waals surface area contributed by atoms with Gasteiger partial charge in [0.1, 0.15) is 0 Å². The van der Waals surface area contributed by atoms with Crippen LogP contribution in [0.2, 0.25) is 0 Å². The van der Waals surface area contributed by atoms with Gasteiger partial charge in [-0.05, 0) is 43.3 Å². The van der Waals surface area contributed by atoms with E-state index in [4.69, 9.17) is 0 Å². The summed E-state index contributed by atoms with van der Waals surface area (Å²) in [4.78, 5) is 1.62. The van der Waals surface area contributed by atoms with Gasteiger partial charge in [-0.25, -0.2) is 13.1 Å². The maximum atomic E-state index is 12.3.